The van der Waals surface area contributed by atoms with Gasteiger partial charge in [-0.25, -0.2) is 4.98 Å². The van der Waals surface area contributed by atoms with Crippen molar-refractivity contribution >= 4 is 34.2 Å². The summed E-state index contributed by atoms with van der Waals surface area (Å²) in [5.74, 6) is -0.975. The van der Waals surface area contributed by atoms with E-state index in [1.54, 1.807) is 60.9 Å². The van der Waals surface area contributed by atoms with Gasteiger partial charge < -0.3 is 5.11 Å². The standard InChI is InChI=1S/C22H14Cl2N4O2/c23-15-8-16(24)10-17(9-15)28-21-13(3-2-6-27-21)7-18(22(28)30)20(29)19(11-25)14-4-1-5-26-12-14/h1-10,12,19-20,29H. The molecule has 0 saturated carbocycles. The smallest absolute Gasteiger partial charge is 0.262 e. The second-order valence-electron chi connectivity index (χ2n) is 6.62. The minimum atomic E-state index is -1.38. The van der Waals surface area contributed by atoms with Gasteiger partial charge in [0.25, 0.3) is 5.56 Å². The van der Waals surface area contributed by atoms with Gasteiger partial charge in [-0.3, -0.25) is 14.3 Å². The quantitative estimate of drug-likeness (QED) is 0.510. The molecule has 2 unspecified atom stereocenters. The van der Waals surface area contributed by atoms with Crippen LogP contribution in [0.15, 0.2) is 71.9 Å². The van der Waals surface area contributed by atoms with E-state index in [4.69, 9.17) is 23.2 Å². The lowest BCUT2D eigenvalue weighted by atomic mass is 9.91. The molecule has 0 aliphatic heterocycles. The minimum absolute atomic E-state index is 0.0574. The predicted octanol–water partition coefficient (Wildman–Crippen LogP) is 4.43. The summed E-state index contributed by atoms with van der Waals surface area (Å²) in [5, 5.41) is 22.0. The summed E-state index contributed by atoms with van der Waals surface area (Å²) in [6.07, 6.45) is 3.25. The van der Waals surface area contributed by atoms with Crippen LogP contribution in [-0.4, -0.2) is 19.6 Å². The monoisotopic (exact) mass is 436 g/mol. The first kappa shape index (κ1) is 20.0. The van der Waals surface area contributed by atoms with Crippen molar-refractivity contribution in [3.8, 4) is 11.8 Å². The molecule has 0 radical (unpaired) electrons. The van der Waals surface area contributed by atoms with Crippen LogP contribution in [0.25, 0.3) is 16.7 Å². The summed E-state index contributed by atoms with van der Waals surface area (Å²) < 4.78 is 1.34. The molecule has 3 heterocycles. The number of aromatic nitrogens is 3. The maximum absolute atomic E-state index is 13.5. The number of hydrogen-bond donors (Lipinski definition) is 1. The van der Waals surface area contributed by atoms with Gasteiger partial charge in [0, 0.05) is 39.6 Å². The van der Waals surface area contributed by atoms with Crippen molar-refractivity contribution in [2.45, 2.75) is 12.0 Å². The molecule has 8 heteroatoms. The number of halogens is 2. The van der Waals surface area contributed by atoms with Crippen molar-refractivity contribution < 1.29 is 5.11 Å². The van der Waals surface area contributed by atoms with Gasteiger partial charge in [0.2, 0.25) is 0 Å². The Hall–Kier alpha value is -3.24. The van der Waals surface area contributed by atoms with Gasteiger partial charge in [-0.1, -0.05) is 29.3 Å². The zero-order valence-electron chi connectivity index (χ0n) is 15.4. The number of nitrogens with zero attached hydrogens (tertiary/aromatic N) is 4. The fourth-order valence-electron chi connectivity index (χ4n) is 3.35. The maximum Gasteiger partial charge on any atom is 0.262 e. The molecule has 0 spiro atoms. The van der Waals surface area contributed by atoms with Crippen LogP contribution in [0.3, 0.4) is 0 Å². The Morgan fingerprint density at radius 1 is 1.07 bits per heavy atom. The topological polar surface area (TPSA) is 91.8 Å². The zero-order valence-corrected chi connectivity index (χ0v) is 16.9. The summed E-state index contributed by atoms with van der Waals surface area (Å²) in [5.41, 5.74) is 0.838. The average Bonchev–Trinajstić information content (AvgIpc) is 2.73. The third-order valence-electron chi connectivity index (χ3n) is 4.71. The Bertz CT molecular complexity index is 1310. The fourth-order valence-corrected chi connectivity index (χ4v) is 3.86. The van der Waals surface area contributed by atoms with E-state index in [1.807, 2.05) is 0 Å². The highest BCUT2D eigenvalue weighted by atomic mass is 35.5. The first-order valence-electron chi connectivity index (χ1n) is 8.94. The van der Waals surface area contributed by atoms with E-state index in [-0.39, 0.29) is 5.56 Å². The van der Waals surface area contributed by atoms with Gasteiger partial charge in [-0.15, -0.1) is 0 Å². The first-order chi connectivity index (χ1) is 14.5. The molecule has 148 valence electrons. The van der Waals surface area contributed by atoms with Gasteiger partial charge in [0.1, 0.15) is 17.7 Å². The second kappa shape index (κ2) is 8.25. The van der Waals surface area contributed by atoms with E-state index in [0.29, 0.717) is 32.3 Å². The lowest BCUT2D eigenvalue weighted by molar-refractivity contribution is 0.162. The van der Waals surface area contributed by atoms with Crippen molar-refractivity contribution in [2.75, 3.05) is 0 Å². The highest BCUT2D eigenvalue weighted by Crippen LogP contribution is 2.31. The van der Waals surface area contributed by atoms with Crippen LogP contribution in [-0.2, 0) is 0 Å². The molecule has 1 N–H and O–H groups in total. The number of aliphatic hydroxyl groups excluding tert-OH is 1. The molecule has 0 saturated heterocycles. The van der Waals surface area contributed by atoms with Crippen LogP contribution >= 0.6 is 23.2 Å². The Balaban J connectivity index is 1.97. The van der Waals surface area contributed by atoms with E-state index < -0.39 is 17.6 Å². The molecule has 0 aliphatic carbocycles. The lowest BCUT2D eigenvalue weighted by Crippen LogP contribution is -2.27. The molecular weight excluding hydrogens is 423 g/mol. The zero-order chi connectivity index (χ0) is 21.3. The molecule has 2 atom stereocenters. The first-order valence-corrected chi connectivity index (χ1v) is 9.70. The van der Waals surface area contributed by atoms with Gasteiger partial charge in [-0.2, -0.15) is 5.26 Å². The summed E-state index contributed by atoms with van der Waals surface area (Å²) in [6.45, 7) is 0. The molecule has 0 aliphatic rings. The summed E-state index contributed by atoms with van der Waals surface area (Å²) in [6, 6.07) is 15.2. The lowest BCUT2D eigenvalue weighted by Gasteiger charge is -2.19. The molecule has 1 aromatic carbocycles. The van der Waals surface area contributed by atoms with E-state index in [2.05, 4.69) is 16.0 Å². The third kappa shape index (κ3) is 3.66. The molecule has 3 aromatic heterocycles. The Labute approximate surface area is 181 Å². The van der Waals surface area contributed by atoms with Crippen molar-refractivity contribution in [2.24, 2.45) is 0 Å². The van der Waals surface area contributed by atoms with Crippen LogP contribution in [0.4, 0.5) is 0 Å². The largest absolute Gasteiger partial charge is 0.386 e. The van der Waals surface area contributed by atoms with Crippen molar-refractivity contribution in [1.82, 2.24) is 14.5 Å². The predicted molar refractivity (Wildman–Crippen MR) is 115 cm³/mol. The molecule has 30 heavy (non-hydrogen) atoms. The van der Waals surface area contributed by atoms with Gasteiger partial charge >= 0.3 is 0 Å². The Kier molecular flexibility index (Phi) is 5.51. The SMILES string of the molecule is N#CC(c1cccnc1)C(O)c1cc2cccnc2n(-c2cc(Cl)cc(Cl)c2)c1=O. The van der Waals surface area contributed by atoms with Gasteiger partial charge in [0.15, 0.2) is 0 Å². The molecule has 4 rings (SSSR count). The average molecular weight is 437 g/mol. The number of nitriles is 1. The van der Waals surface area contributed by atoms with E-state index >= 15 is 0 Å². The number of fused-ring (bicyclic) bond motifs is 1. The summed E-state index contributed by atoms with van der Waals surface area (Å²) in [4.78, 5) is 21.8. The summed E-state index contributed by atoms with van der Waals surface area (Å²) >= 11 is 12.3. The van der Waals surface area contributed by atoms with Crippen molar-refractivity contribution in [3.05, 3.63) is 98.6 Å². The number of rotatable bonds is 4. The van der Waals surface area contributed by atoms with Crippen LogP contribution in [0.1, 0.15) is 23.1 Å². The van der Waals surface area contributed by atoms with Crippen molar-refractivity contribution in [3.63, 3.8) is 0 Å². The number of benzene rings is 1. The highest BCUT2D eigenvalue weighted by Gasteiger charge is 2.27. The maximum atomic E-state index is 13.5. The molecule has 4 aromatic rings. The number of hydrogen-bond acceptors (Lipinski definition) is 5. The number of pyridine rings is 3. The van der Waals surface area contributed by atoms with Crippen LogP contribution < -0.4 is 5.56 Å². The van der Waals surface area contributed by atoms with Crippen molar-refractivity contribution in [1.29, 1.82) is 5.26 Å². The van der Waals surface area contributed by atoms with Gasteiger partial charge in [-0.05, 0) is 48.0 Å². The van der Waals surface area contributed by atoms with E-state index in [0.717, 1.165) is 0 Å². The van der Waals surface area contributed by atoms with Gasteiger partial charge in [0.05, 0.1) is 11.8 Å². The van der Waals surface area contributed by atoms with Crippen LogP contribution in [0.5, 0.6) is 0 Å². The van der Waals surface area contributed by atoms with Crippen LogP contribution in [0.2, 0.25) is 10.0 Å². The molecular formula is C22H14Cl2N4O2. The summed E-state index contributed by atoms with van der Waals surface area (Å²) in [7, 11) is 0. The van der Waals surface area contributed by atoms with Crippen LogP contribution in [0, 0.1) is 11.3 Å². The van der Waals surface area contributed by atoms with E-state index in [1.165, 1.54) is 10.8 Å². The van der Waals surface area contributed by atoms with E-state index in [9.17, 15) is 15.2 Å². The molecule has 0 bridgehead atoms. The normalized spacial score (nSPS) is 13.0. The highest BCUT2D eigenvalue weighted by molar-refractivity contribution is 6.34. The Morgan fingerprint density at radius 2 is 1.80 bits per heavy atom. The minimum Gasteiger partial charge on any atom is -0.386 e. The second-order valence-corrected chi connectivity index (χ2v) is 7.49. The molecule has 6 nitrogen and oxygen atoms in total. The molecule has 0 amide bonds. The fraction of sp³-hybridized carbons (Fsp3) is 0.0909. The number of aliphatic hydroxyl groups is 1. The third-order valence-corrected chi connectivity index (χ3v) is 5.15. The molecule has 0 fully saturated rings. The Morgan fingerprint density at radius 3 is 2.47 bits per heavy atom.